The molecule has 2 nitrogen and oxygen atoms in total. The Morgan fingerprint density at radius 1 is 1.14 bits per heavy atom. The van der Waals surface area contributed by atoms with Gasteiger partial charge < -0.3 is 10.0 Å². The van der Waals surface area contributed by atoms with Gasteiger partial charge in [0, 0.05) is 6.54 Å². The molecule has 1 N–H and O–H groups in total. The van der Waals surface area contributed by atoms with Crippen LogP contribution in [0, 0.1) is 11.8 Å². The summed E-state index contributed by atoms with van der Waals surface area (Å²) in [7, 11) is 0. The maximum Gasteiger partial charge on any atom is 0.416 e. The van der Waals surface area contributed by atoms with E-state index in [0.29, 0.717) is 18.0 Å². The average Bonchev–Trinajstić information content (AvgIpc) is 2.47. The van der Waals surface area contributed by atoms with Crippen LogP contribution in [0.15, 0.2) is 24.3 Å². The van der Waals surface area contributed by atoms with E-state index >= 15 is 0 Å². The number of aliphatic hydroxyl groups is 1. The van der Waals surface area contributed by atoms with Crippen molar-refractivity contribution in [3.8, 4) is 0 Å². The van der Waals surface area contributed by atoms with E-state index in [4.69, 9.17) is 0 Å². The first-order valence-electron chi connectivity index (χ1n) is 7.85. The molecule has 22 heavy (non-hydrogen) atoms. The number of aliphatic hydroxyl groups excluding tert-OH is 1. The lowest BCUT2D eigenvalue weighted by atomic mass is 9.86. The lowest BCUT2D eigenvalue weighted by Gasteiger charge is -2.34. The molecule has 1 aliphatic rings. The van der Waals surface area contributed by atoms with Crippen LogP contribution < -0.4 is 0 Å². The highest BCUT2D eigenvalue weighted by Crippen LogP contribution is 2.30. The summed E-state index contributed by atoms with van der Waals surface area (Å²) < 4.78 is 37.6. The van der Waals surface area contributed by atoms with Crippen molar-refractivity contribution >= 4 is 0 Å². The van der Waals surface area contributed by atoms with Crippen LogP contribution in [0.4, 0.5) is 13.2 Å². The highest BCUT2D eigenvalue weighted by Gasteiger charge is 2.30. The van der Waals surface area contributed by atoms with Crippen LogP contribution in [0.25, 0.3) is 0 Å². The second-order valence-electron chi connectivity index (χ2n) is 6.52. The Bertz CT molecular complexity index is 462. The number of nitrogens with zero attached hydrogens (tertiary/aromatic N) is 1. The Labute approximate surface area is 129 Å². The largest absolute Gasteiger partial charge is 0.416 e. The predicted molar refractivity (Wildman–Crippen MR) is 80.4 cm³/mol. The highest BCUT2D eigenvalue weighted by molar-refractivity contribution is 5.26. The van der Waals surface area contributed by atoms with Gasteiger partial charge in [0.1, 0.15) is 0 Å². The van der Waals surface area contributed by atoms with Crippen LogP contribution in [0.2, 0.25) is 0 Å². The minimum absolute atomic E-state index is 0.482. The minimum atomic E-state index is -4.33. The number of rotatable bonds is 4. The Morgan fingerprint density at radius 2 is 1.68 bits per heavy atom. The van der Waals surface area contributed by atoms with Crippen molar-refractivity contribution in [2.75, 3.05) is 19.6 Å². The molecule has 1 heterocycles. The second kappa shape index (κ2) is 7.01. The Hall–Kier alpha value is -1.07. The molecular formula is C17H24F3NO. The smallest absolute Gasteiger partial charge is 0.387 e. The molecule has 0 bridgehead atoms. The van der Waals surface area contributed by atoms with E-state index in [9.17, 15) is 18.3 Å². The molecule has 1 saturated heterocycles. The summed E-state index contributed by atoms with van der Waals surface area (Å²) in [6.45, 7) is 6.84. The fourth-order valence-corrected chi connectivity index (χ4v) is 3.05. The summed E-state index contributed by atoms with van der Waals surface area (Å²) in [6.07, 6.45) is -2.82. The van der Waals surface area contributed by atoms with Crippen molar-refractivity contribution in [3.05, 3.63) is 35.4 Å². The molecule has 124 valence electrons. The topological polar surface area (TPSA) is 23.5 Å². The van der Waals surface area contributed by atoms with Gasteiger partial charge in [-0.1, -0.05) is 26.0 Å². The summed E-state index contributed by atoms with van der Waals surface area (Å²) in [5.74, 6) is 1.42. The maximum absolute atomic E-state index is 12.5. The molecule has 0 spiro atoms. The lowest BCUT2D eigenvalue weighted by Crippen LogP contribution is -2.37. The molecule has 0 aromatic heterocycles. The van der Waals surface area contributed by atoms with Crippen molar-refractivity contribution in [1.29, 1.82) is 0 Å². The number of piperidine rings is 1. The molecule has 1 fully saturated rings. The summed E-state index contributed by atoms with van der Waals surface area (Å²) >= 11 is 0. The molecule has 0 aliphatic carbocycles. The summed E-state index contributed by atoms with van der Waals surface area (Å²) in [5, 5.41) is 10.2. The fraction of sp³-hybridized carbons (Fsp3) is 0.647. The molecule has 1 unspecified atom stereocenters. The van der Waals surface area contributed by atoms with Gasteiger partial charge in [-0.05, 0) is 55.5 Å². The van der Waals surface area contributed by atoms with Crippen molar-refractivity contribution in [2.45, 2.75) is 39.0 Å². The van der Waals surface area contributed by atoms with Crippen molar-refractivity contribution < 1.29 is 18.3 Å². The number of alkyl halides is 3. The van der Waals surface area contributed by atoms with Gasteiger partial charge in [-0.25, -0.2) is 0 Å². The Balaban J connectivity index is 1.89. The number of halogens is 3. The van der Waals surface area contributed by atoms with E-state index in [2.05, 4.69) is 18.7 Å². The summed E-state index contributed by atoms with van der Waals surface area (Å²) in [6, 6.07) is 4.80. The lowest BCUT2D eigenvalue weighted by molar-refractivity contribution is -0.137. The van der Waals surface area contributed by atoms with Gasteiger partial charge in [0.2, 0.25) is 0 Å². The molecule has 0 saturated carbocycles. The zero-order valence-electron chi connectivity index (χ0n) is 13.1. The average molecular weight is 315 g/mol. The number of hydrogen-bond donors (Lipinski definition) is 1. The maximum atomic E-state index is 12.5. The second-order valence-corrected chi connectivity index (χ2v) is 6.52. The molecule has 2 rings (SSSR count). The number of β-amino-alcohol motifs (C(OH)–C–C–N with tert-alkyl or cyclic N) is 1. The van der Waals surface area contributed by atoms with Crippen LogP contribution in [0.1, 0.15) is 43.9 Å². The molecule has 0 radical (unpaired) electrons. The molecule has 5 heteroatoms. The van der Waals surface area contributed by atoms with E-state index in [1.54, 1.807) is 0 Å². The normalized spacial score (nSPS) is 19.6. The van der Waals surface area contributed by atoms with Gasteiger partial charge >= 0.3 is 6.18 Å². The molecule has 1 atom stereocenters. The van der Waals surface area contributed by atoms with Crippen molar-refractivity contribution in [1.82, 2.24) is 4.90 Å². The van der Waals surface area contributed by atoms with Crippen LogP contribution in [0.5, 0.6) is 0 Å². The molecule has 0 amide bonds. The number of benzene rings is 1. The van der Waals surface area contributed by atoms with E-state index < -0.39 is 17.8 Å². The van der Waals surface area contributed by atoms with Gasteiger partial charge in [0.05, 0.1) is 11.7 Å². The standard InChI is InChI=1S/C17H24F3NO/c1-12(2)13-7-9-21(10-8-13)11-16(22)14-3-5-15(6-4-14)17(18,19)20/h3-6,12-13,16,22H,7-11H2,1-2H3. The van der Waals surface area contributed by atoms with Crippen molar-refractivity contribution in [3.63, 3.8) is 0 Å². The zero-order chi connectivity index (χ0) is 16.3. The summed E-state index contributed by atoms with van der Waals surface area (Å²) in [5.41, 5.74) is -0.139. The quantitative estimate of drug-likeness (QED) is 0.904. The highest BCUT2D eigenvalue weighted by atomic mass is 19.4. The SMILES string of the molecule is CC(C)C1CCN(CC(O)c2ccc(C(F)(F)F)cc2)CC1. The first kappa shape index (κ1) is 17.3. The van der Waals surface area contributed by atoms with E-state index in [1.807, 2.05) is 0 Å². The molecule has 1 aliphatic heterocycles. The third-order valence-corrected chi connectivity index (χ3v) is 4.63. The third kappa shape index (κ3) is 4.46. The van der Waals surface area contributed by atoms with E-state index in [-0.39, 0.29) is 0 Å². The molecule has 1 aromatic carbocycles. The van der Waals surface area contributed by atoms with Gasteiger partial charge in [0.15, 0.2) is 0 Å². The number of likely N-dealkylation sites (tertiary alicyclic amines) is 1. The van der Waals surface area contributed by atoms with Crippen LogP contribution in [-0.2, 0) is 6.18 Å². The van der Waals surface area contributed by atoms with E-state index in [0.717, 1.165) is 44.0 Å². The number of hydrogen-bond acceptors (Lipinski definition) is 2. The minimum Gasteiger partial charge on any atom is -0.387 e. The fourth-order valence-electron chi connectivity index (χ4n) is 3.05. The van der Waals surface area contributed by atoms with Crippen LogP contribution >= 0.6 is 0 Å². The Kier molecular flexibility index (Phi) is 5.50. The first-order chi connectivity index (χ1) is 10.3. The summed E-state index contributed by atoms with van der Waals surface area (Å²) in [4.78, 5) is 2.20. The zero-order valence-corrected chi connectivity index (χ0v) is 13.1. The van der Waals surface area contributed by atoms with Gasteiger partial charge in [0.25, 0.3) is 0 Å². The van der Waals surface area contributed by atoms with Crippen molar-refractivity contribution in [2.24, 2.45) is 11.8 Å². The predicted octanol–water partition coefficient (Wildman–Crippen LogP) is 4.11. The van der Waals surface area contributed by atoms with Crippen LogP contribution in [0.3, 0.4) is 0 Å². The van der Waals surface area contributed by atoms with E-state index in [1.165, 1.54) is 12.1 Å². The van der Waals surface area contributed by atoms with Gasteiger partial charge in [-0.2, -0.15) is 13.2 Å². The third-order valence-electron chi connectivity index (χ3n) is 4.63. The molecular weight excluding hydrogens is 291 g/mol. The Morgan fingerprint density at radius 3 is 2.14 bits per heavy atom. The van der Waals surface area contributed by atoms with Crippen LogP contribution in [-0.4, -0.2) is 29.6 Å². The monoisotopic (exact) mass is 315 g/mol. The first-order valence-corrected chi connectivity index (χ1v) is 7.85. The molecule has 1 aromatic rings. The van der Waals surface area contributed by atoms with Gasteiger partial charge in [-0.3, -0.25) is 0 Å². The van der Waals surface area contributed by atoms with Gasteiger partial charge in [-0.15, -0.1) is 0 Å².